The Kier molecular flexibility index (Phi) is 7.10. The quantitative estimate of drug-likeness (QED) is 0.237. The van der Waals surface area contributed by atoms with Crippen LogP contribution in [0.2, 0.25) is 0 Å². The number of nitrogens with zero attached hydrogens (tertiary/aromatic N) is 1. The van der Waals surface area contributed by atoms with E-state index in [0.29, 0.717) is 22.9 Å². The zero-order valence-electron chi connectivity index (χ0n) is 24.4. The summed E-state index contributed by atoms with van der Waals surface area (Å²) in [5, 5.41) is 3.31. The summed E-state index contributed by atoms with van der Waals surface area (Å²) in [6, 6.07) is 20.9. The summed E-state index contributed by atoms with van der Waals surface area (Å²) in [4.78, 5) is 57.6. The van der Waals surface area contributed by atoms with E-state index < -0.39 is 47.0 Å². The Hall–Kier alpha value is -4.36. The van der Waals surface area contributed by atoms with Gasteiger partial charge in [-0.1, -0.05) is 59.9 Å². The molecule has 240 valence electrons. The highest BCUT2D eigenvalue weighted by molar-refractivity contribution is 8.00. The van der Waals surface area contributed by atoms with Crippen molar-refractivity contribution in [3.05, 3.63) is 105 Å². The second-order valence-corrected chi connectivity index (χ2v) is 14.4. The van der Waals surface area contributed by atoms with E-state index in [9.17, 15) is 32.3 Å². The van der Waals surface area contributed by atoms with Crippen molar-refractivity contribution in [2.45, 2.75) is 28.8 Å². The molecule has 0 unspecified atom stereocenters. The first-order chi connectivity index (χ1) is 22.6. The minimum atomic E-state index is -4.75. The van der Waals surface area contributed by atoms with Crippen molar-refractivity contribution in [3.8, 4) is 5.75 Å². The molecule has 2 aliphatic heterocycles. The number of aromatic amines is 1. The van der Waals surface area contributed by atoms with Gasteiger partial charge in [-0.3, -0.25) is 19.2 Å². The Labute approximate surface area is 274 Å². The number of para-hydroxylation sites is 3. The smallest absolute Gasteiger partial charge is 0.418 e. The van der Waals surface area contributed by atoms with Gasteiger partial charge in [0.25, 0.3) is 5.91 Å². The van der Waals surface area contributed by atoms with E-state index >= 15 is 0 Å². The monoisotopic (exact) mass is 677 g/mol. The largest absolute Gasteiger partial charge is 0.483 e. The van der Waals surface area contributed by atoms with E-state index in [2.05, 4.69) is 10.3 Å². The standard InChI is InChI=1S/C34H26F3N3O5S2/c35-34(36,37)20-11-5-6-12-21(20)40-31(42)26-18-14-19(27(26)32(40)43)28-25(18)24(29-30(46-28)39-33(44)47-29)17-10-4-7-13-22(17)45-15-23(41)38-16-8-2-1-3-9-16/h1-13,18-19,24-28H,14-15H2,(H,38,41)(H,39,44)/t18-,19-,24+,25-,26+,27+,28-/m1/s1. The first-order valence-electron chi connectivity index (χ1n) is 15.1. The van der Waals surface area contributed by atoms with Gasteiger partial charge in [0.05, 0.1) is 28.1 Å². The lowest BCUT2D eigenvalue weighted by Crippen LogP contribution is -2.42. The fraction of sp³-hybridized carbons (Fsp3) is 0.294. The molecule has 4 aliphatic rings. The summed E-state index contributed by atoms with van der Waals surface area (Å²) in [5.41, 5.74) is -0.0952. The average Bonchev–Trinajstić information content (AvgIpc) is 3.79. The Morgan fingerprint density at radius 1 is 0.915 bits per heavy atom. The number of alkyl halides is 3. The molecule has 7 atom stereocenters. The van der Waals surface area contributed by atoms with Crippen molar-refractivity contribution < 1.29 is 32.3 Å². The van der Waals surface area contributed by atoms with E-state index in [1.807, 2.05) is 18.2 Å². The van der Waals surface area contributed by atoms with Crippen molar-refractivity contribution in [3.63, 3.8) is 0 Å². The summed E-state index contributed by atoms with van der Waals surface area (Å²) < 4.78 is 48.0. The van der Waals surface area contributed by atoms with Crippen molar-refractivity contribution in [1.82, 2.24) is 4.98 Å². The zero-order valence-corrected chi connectivity index (χ0v) is 26.0. The van der Waals surface area contributed by atoms with Gasteiger partial charge < -0.3 is 15.0 Å². The SMILES string of the molecule is O=C(COc1ccccc1[C@@H]1c2sc(=O)[nH]c2S[C@@H]2[C@@H]3C[C@@H]([C@@H]4C(=O)N(c5ccccc5C(F)(F)F)C(=O)[C@@H]34)[C@H]12)Nc1ccccc1. The molecule has 2 aliphatic carbocycles. The zero-order chi connectivity index (χ0) is 32.6. The lowest BCUT2D eigenvalue weighted by Gasteiger charge is -2.43. The highest BCUT2D eigenvalue weighted by Gasteiger charge is 2.70. The number of ether oxygens (including phenoxy) is 1. The third-order valence-electron chi connectivity index (χ3n) is 9.84. The van der Waals surface area contributed by atoms with Crippen LogP contribution in [-0.2, 0) is 20.6 Å². The topological polar surface area (TPSA) is 109 Å². The minimum absolute atomic E-state index is 0.173. The molecule has 1 saturated heterocycles. The summed E-state index contributed by atoms with van der Waals surface area (Å²) in [6.45, 7) is -0.269. The number of rotatable bonds is 6. The van der Waals surface area contributed by atoms with Crippen LogP contribution in [0.25, 0.3) is 0 Å². The number of carbonyl (C=O) groups is 3. The predicted molar refractivity (Wildman–Crippen MR) is 169 cm³/mol. The number of benzene rings is 3. The maximum atomic E-state index is 14.0. The third kappa shape index (κ3) is 4.81. The van der Waals surface area contributed by atoms with Gasteiger partial charge in [-0.05, 0) is 54.5 Å². The highest BCUT2D eigenvalue weighted by atomic mass is 32.2. The summed E-state index contributed by atoms with van der Waals surface area (Å²) in [6.07, 6.45) is -4.17. The second-order valence-electron chi connectivity index (χ2n) is 12.2. The van der Waals surface area contributed by atoms with Gasteiger partial charge >= 0.3 is 11.0 Å². The van der Waals surface area contributed by atoms with Crippen LogP contribution in [0.15, 0.2) is 88.7 Å². The van der Waals surface area contributed by atoms with Crippen LogP contribution in [0.3, 0.4) is 0 Å². The number of thiazole rings is 1. The molecule has 3 heterocycles. The number of fused-ring (bicyclic) bond motifs is 9. The molecule has 2 N–H and O–H groups in total. The van der Waals surface area contributed by atoms with E-state index in [1.54, 1.807) is 36.4 Å². The van der Waals surface area contributed by atoms with Gasteiger partial charge in [0.2, 0.25) is 11.8 Å². The van der Waals surface area contributed by atoms with Gasteiger partial charge in [-0.2, -0.15) is 13.2 Å². The van der Waals surface area contributed by atoms with Crippen LogP contribution in [-0.4, -0.2) is 34.6 Å². The predicted octanol–water partition coefficient (Wildman–Crippen LogP) is 6.15. The average molecular weight is 678 g/mol. The van der Waals surface area contributed by atoms with Gasteiger partial charge in [0.15, 0.2) is 6.61 Å². The van der Waals surface area contributed by atoms with Crippen molar-refractivity contribution >= 4 is 52.2 Å². The van der Waals surface area contributed by atoms with Crippen LogP contribution in [0.1, 0.15) is 28.3 Å². The molecule has 0 spiro atoms. The lowest BCUT2D eigenvalue weighted by atomic mass is 9.68. The molecular formula is C34H26F3N3O5S2. The first kappa shape index (κ1) is 30.0. The molecule has 8 nitrogen and oxygen atoms in total. The Bertz CT molecular complexity index is 1980. The number of H-pyrrole nitrogens is 1. The van der Waals surface area contributed by atoms with E-state index in [0.717, 1.165) is 32.7 Å². The first-order valence-corrected chi connectivity index (χ1v) is 16.8. The number of carbonyl (C=O) groups excluding carboxylic acids is 3. The number of hydrogen-bond donors (Lipinski definition) is 2. The summed E-state index contributed by atoms with van der Waals surface area (Å²) >= 11 is 2.56. The Morgan fingerprint density at radius 2 is 1.60 bits per heavy atom. The number of amides is 3. The van der Waals surface area contributed by atoms with Crippen LogP contribution in [0, 0.1) is 29.6 Å². The maximum absolute atomic E-state index is 14.0. The number of aromatic nitrogens is 1. The minimum Gasteiger partial charge on any atom is -0.483 e. The van der Waals surface area contributed by atoms with Crippen molar-refractivity contribution in [1.29, 1.82) is 0 Å². The Balaban J connectivity index is 1.14. The van der Waals surface area contributed by atoms with Crippen molar-refractivity contribution in [2.24, 2.45) is 29.6 Å². The molecular weight excluding hydrogens is 652 g/mol. The number of anilines is 2. The lowest BCUT2D eigenvalue weighted by molar-refractivity contribution is -0.137. The molecule has 0 radical (unpaired) electrons. The number of thioether (sulfide) groups is 1. The molecule has 3 amide bonds. The van der Waals surface area contributed by atoms with Crippen LogP contribution < -0.4 is 19.8 Å². The van der Waals surface area contributed by atoms with E-state index in [1.165, 1.54) is 30.0 Å². The molecule has 3 aromatic carbocycles. The number of hydrogen-bond acceptors (Lipinski definition) is 7. The third-order valence-corrected chi connectivity index (χ3v) is 12.4. The van der Waals surface area contributed by atoms with Crippen LogP contribution >= 0.6 is 23.1 Å². The van der Waals surface area contributed by atoms with E-state index in [-0.39, 0.29) is 40.4 Å². The molecule has 47 heavy (non-hydrogen) atoms. The number of nitrogens with one attached hydrogen (secondary N) is 2. The second kappa shape index (κ2) is 11.1. The molecule has 3 fully saturated rings. The number of imide groups is 1. The Morgan fingerprint density at radius 3 is 2.36 bits per heavy atom. The van der Waals surface area contributed by atoms with Gasteiger partial charge in [0.1, 0.15) is 5.75 Å². The summed E-state index contributed by atoms with van der Waals surface area (Å²) in [5.74, 6) is -3.83. The molecule has 2 saturated carbocycles. The fourth-order valence-corrected chi connectivity index (χ4v) is 11.1. The molecule has 2 bridgehead atoms. The van der Waals surface area contributed by atoms with Gasteiger partial charge in [0, 0.05) is 27.3 Å². The fourth-order valence-electron chi connectivity index (χ4n) is 8.24. The summed E-state index contributed by atoms with van der Waals surface area (Å²) in [7, 11) is 0. The van der Waals surface area contributed by atoms with Gasteiger partial charge in [-0.25, -0.2) is 4.90 Å². The molecule has 13 heteroatoms. The van der Waals surface area contributed by atoms with Crippen LogP contribution in [0.5, 0.6) is 5.75 Å². The molecule has 4 aromatic rings. The van der Waals surface area contributed by atoms with Gasteiger partial charge in [-0.15, -0.1) is 11.8 Å². The highest BCUT2D eigenvalue weighted by Crippen LogP contribution is 2.69. The molecule has 8 rings (SSSR count). The normalized spacial score (nSPS) is 27.4. The maximum Gasteiger partial charge on any atom is 0.418 e. The van der Waals surface area contributed by atoms with E-state index in [4.69, 9.17) is 4.74 Å². The number of halogens is 3. The van der Waals surface area contributed by atoms with Crippen LogP contribution in [0.4, 0.5) is 24.5 Å². The molecule has 1 aromatic heterocycles. The van der Waals surface area contributed by atoms with Crippen molar-refractivity contribution in [2.75, 3.05) is 16.8 Å².